The maximum absolute atomic E-state index is 13.2. The van der Waals surface area contributed by atoms with Crippen molar-refractivity contribution in [2.45, 2.75) is 6.92 Å². The molecule has 5 heteroatoms. The van der Waals surface area contributed by atoms with E-state index in [9.17, 15) is 8.78 Å². The molecule has 0 spiro atoms. The number of ether oxygens (including phenoxy) is 1. The van der Waals surface area contributed by atoms with Crippen molar-refractivity contribution >= 4 is 31.9 Å². The van der Waals surface area contributed by atoms with Gasteiger partial charge in [-0.25, -0.2) is 4.39 Å². The van der Waals surface area contributed by atoms with Crippen molar-refractivity contribution in [1.82, 2.24) is 0 Å². The summed E-state index contributed by atoms with van der Waals surface area (Å²) in [6, 6.07) is 1.41. The molecule has 0 atom stereocenters. The monoisotopic (exact) mass is 314 g/mol. The standard InChI is InChI=1S/C8H6Br2F2O/c1-2-13-8-5(10)3-4(9)6(11)7(8)12/h3H,2H2,1H3. The van der Waals surface area contributed by atoms with Gasteiger partial charge in [-0.1, -0.05) is 0 Å². The summed E-state index contributed by atoms with van der Waals surface area (Å²) >= 11 is 5.95. The van der Waals surface area contributed by atoms with Gasteiger partial charge < -0.3 is 4.74 Å². The minimum absolute atomic E-state index is 0.0697. The van der Waals surface area contributed by atoms with Crippen molar-refractivity contribution in [1.29, 1.82) is 0 Å². The van der Waals surface area contributed by atoms with E-state index in [4.69, 9.17) is 4.74 Å². The molecule has 0 aromatic heterocycles. The lowest BCUT2D eigenvalue weighted by Crippen LogP contribution is -1.98. The number of benzene rings is 1. The zero-order chi connectivity index (χ0) is 10.0. The van der Waals surface area contributed by atoms with Crippen molar-refractivity contribution in [3.63, 3.8) is 0 Å². The highest BCUT2D eigenvalue weighted by Crippen LogP contribution is 2.34. The molecule has 0 aliphatic rings. The van der Waals surface area contributed by atoms with Gasteiger partial charge in [0.05, 0.1) is 15.6 Å². The van der Waals surface area contributed by atoms with Crippen LogP contribution < -0.4 is 4.74 Å². The Balaban J connectivity index is 3.26. The van der Waals surface area contributed by atoms with Crippen molar-refractivity contribution in [3.8, 4) is 5.75 Å². The minimum atomic E-state index is -0.983. The average Bonchev–Trinajstić information content (AvgIpc) is 2.09. The third-order valence-corrected chi connectivity index (χ3v) is 2.53. The van der Waals surface area contributed by atoms with E-state index in [2.05, 4.69) is 31.9 Å². The van der Waals surface area contributed by atoms with E-state index in [-0.39, 0.29) is 16.8 Å². The summed E-state index contributed by atoms with van der Waals surface area (Å²) in [5.74, 6) is -2.02. The van der Waals surface area contributed by atoms with Crippen molar-refractivity contribution in [3.05, 3.63) is 26.6 Å². The highest BCUT2D eigenvalue weighted by atomic mass is 79.9. The van der Waals surface area contributed by atoms with Crippen LogP contribution in [0.2, 0.25) is 0 Å². The maximum atomic E-state index is 13.2. The topological polar surface area (TPSA) is 9.23 Å². The maximum Gasteiger partial charge on any atom is 0.202 e. The Morgan fingerprint density at radius 3 is 2.38 bits per heavy atom. The van der Waals surface area contributed by atoms with Gasteiger partial charge in [0.15, 0.2) is 11.6 Å². The first-order valence-electron chi connectivity index (χ1n) is 3.53. The van der Waals surface area contributed by atoms with Crippen molar-refractivity contribution in [2.75, 3.05) is 6.61 Å². The number of halogens is 4. The lowest BCUT2D eigenvalue weighted by atomic mass is 10.3. The molecule has 0 radical (unpaired) electrons. The van der Waals surface area contributed by atoms with Gasteiger partial charge in [-0.2, -0.15) is 4.39 Å². The fourth-order valence-electron chi connectivity index (χ4n) is 0.826. The number of hydrogen-bond acceptors (Lipinski definition) is 1. The Morgan fingerprint density at radius 2 is 1.85 bits per heavy atom. The second kappa shape index (κ2) is 4.37. The van der Waals surface area contributed by atoms with Crippen LogP contribution in [-0.4, -0.2) is 6.61 Å². The second-order valence-corrected chi connectivity index (χ2v) is 3.94. The van der Waals surface area contributed by atoms with Gasteiger partial charge in [0.25, 0.3) is 0 Å². The predicted molar refractivity (Wildman–Crippen MR) is 52.9 cm³/mol. The van der Waals surface area contributed by atoms with Crippen LogP contribution in [0, 0.1) is 11.6 Å². The molecule has 1 aromatic rings. The lowest BCUT2D eigenvalue weighted by molar-refractivity contribution is 0.311. The molecule has 0 fully saturated rings. The van der Waals surface area contributed by atoms with Gasteiger partial charge in [0, 0.05) is 0 Å². The second-order valence-electron chi connectivity index (χ2n) is 2.23. The van der Waals surface area contributed by atoms with Gasteiger partial charge in [-0.15, -0.1) is 0 Å². The third kappa shape index (κ3) is 2.20. The summed E-state index contributed by atoms with van der Waals surface area (Å²) in [6.07, 6.45) is 0. The zero-order valence-electron chi connectivity index (χ0n) is 6.70. The van der Waals surface area contributed by atoms with Gasteiger partial charge in [-0.3, -0.25) is 0 Å². The van der Waals surface area contributed by atoms with Gasteiger partial charge in [-0.05, 0) is 44.8 Å². The lowest BCUT2D eigenvalue weighted by Gasteiger charge is -2.08. The number of hydrogen-bond donors (Lipinski definition) is 0. The molecule has 0 bridgehead atoms. The summed E-state index contributed by atoms with van der Waals surface area (Å²) in [5.41, 5.74) is 0. The first kappa shape index (κ1) is 10.9. The molecule has 1 rings (SSSR count). The van der Waals surface area contributed by atoms with Crippen LogP contribution in [0.5, 0.6) is 5.75 Å². The summed E-state index contributed by atoms with van der Waals surface area (Å²) in [4.78, 5) is 0. The Hall–Kier alpha value is -0.160. The molecular weight excluding hydrogens is 310 g/mol. The van der Waals surface area contributed by atoms with Crippen LogP contribution in [-0.2, 0) is 0 Å². The number of rotatable bonds is 2. The molecule has 0 saturated carbocycles. The van der Waals surface area contributed by atoms with E-state index in [0.717, 1.165) is 0 Å². The van der Waals surface area contributed by atoms with E-state index in [1.54, 1.807) is 6.92 Å². The minimum Gasteiger partial charge on any atom is -0.489 e. The molecule has 1 nitrogen and oxygen atoms in total. The highest BCUT2D eigenvalue weighted by molar-refractivity contribution is 9.11. The molecule has 0 aliphatic heterocycles. The summed E-state index contributed by atoms with van der Waals surface area (Å²) in [7, 11) is 0. The van der Waals surface area contributed by atoms with Gasteiger partial charge in [0.2, 0.25) is 5.82 Å². The molecule has 0 aliphatic carbocycles. The fourth-order valence-corrected chi connectivity index (χ4v) is 2.05. The molecule has 13 heavy (non-hydrogen) atoms. The average molecular weight is 316 g/mol. The van der Waals surface area contributed by atoms with Crippen LogP contribution in [0.15, 0.2) is 15.0 Å². The zero-order valence-corrected chi connectivity index (χ0v) is 9.88. The van der Waals surface area contributed by atoms with Gasteiger partial charge in [0.1, 0.15) is 0 Å². The van der Waals surface area contributed by atoms with Crippen LogP contribution in [0.3, 0.4) is 0 Å². The largest absolute Gasteiger partial charge is 0.489 e. The van der Waals surface area contributed by atoms with Crippen LogP contribution in [0.4, 0.5) is 8.78 Å². The Morgan fingerprint density at radius 1 is 1.23 bits per heavy atom. The predicted octanol–water partition coefficient (Wildman–Crippen LogP) is 3.89. The molecule has 0 unspecified atom stereocenters. The molecule has 0 amide bonds. The van der Waals surface area contributed by atoms with Crippen molar-refractivity contribution < 1.29 is 13.5 Å². The fraction of sp³-hybridized carbons (Fsp3) is 0.250. The van der Waals surface area contributed by atoms with Gasteiger partial charge >= 0.3 is 0 Å². The summed E-state index contributed by atoms with van der Waals surface area (Å²) < 4.78 is 31.5. The van der Waals surface area contributed by atoms with E-state index in [1.807, 2.05) is 0 Å². The summed E-state index contributed by atoms with van der Waals surface area (Å²) in [6.45, 7) is 1.99. The summed E-state index contributed by atoms with van der Waals surface area (Å²) in [5, 5.41) is 0. The highest BCUT2D eigenvalue weighted by Gasteiger charge is 2.16. The third-order valence-electron chi connectivity index (χ3n) is 1.36. The molecule has 72 valence electrons. The molecular formula is C8H6Br2F2O. The Kier molecular flexibility index (Phi) is 3.67. The SMILES string of the molecule is CCOc1c(Br)cc(Br)c(F)c1F. The first-order valence-corrected chi connectivity index (χ1v) is 5.12. The molecule has 1 aromatic carbocycles. The van der Waals surface area contributed by atoms with Crippen molar-refractivity contribution in [2.24, 2.45) is 0 Å². The Labute approximate surface area is 91.3 Å². The normalized spacial score (nSPS) is 10.2. The molecule has 0 saturated heterocycles. The smallest absolute Gasteiger partial charge is 0.202 e. The van der Waals surface area contributed by atoms with Crippen LogP contribution >= 0.6 is 31.9 Å². The Bertz CT molecular complexity index is 328. The van der Waals surface area contributed by atoms with E-state index in [1.165, 1.54) is 6.07 Å². The van der Waals surface area contributed by atoms with E-state index >= 15 is 0 Å². The molecule has 0 heterocycles. The van der Waals surface area contributed by atoms with E-state index in [0.29, 0.717) is 4.47 Å². The van der Waals surface area contributed by atoms with Crippen LogP contribution in [0.25, 0.3) is 0 Å². The van der Waals surface area contributed by atoms with E-state index < -0.39 is 11.6 Å². The van der Waals surface area contributed by atoms with Crippen LogP contribution in [0.1, 0.15) is 6.92 Å². The quantitative estimate of drug-likeness (QED) is 0.594. The molecule has 0 N–H and O–H groups in total. The first-order chi connectivity index (χ1) is 6.07.